The Hall–Kier alpha value is -4.12. The van der Waals surface area contributed by atoms with Gasteiger partial charge in [0.25, 0.3) is 0 Å². The number of aryl methyl sites for hydroxylation is 1. The summed E-state index contributed by atoms with van der Waals surface area (Å²) in [5, 5.41) is 5.38. The lowest BCUT2D eigenvalue weighted by molar-refractivity contribution is 0.625. The van der Waals surface area contributed by atoms with E-state index in [4.69, 9.17) is 0 Å². The third kappa shape index (κ3) is 5.62. The van der Waals surface area contributed by atoms with Gasteiger partial charge in [-0.1, -0.05) is 49.9 Å². The molecule has 1 unspecified atom stereocenters. The second-order valence-electron chi connectivity index (χ2n) is 8.17. The van der Waals surface area contributed by atoms with E-state index in [-0.39, 0.29) is 11.7 Å². The Labute approximate surface area is 199 Å². The van der Waals surface area contributed by atoms with Gasteiger partial charge in [0.2, 0.25) is 0 Å². The zero-order valence-corrected chi connectivity index (χ0v) is 19.4. The number of pyridine rings is 3. The van der Waals surface area contributed by atoms with Crippen LogP contribution in [0.3, 0.4) is 0 Å². The fraction of sp³-hybridized carbons (Fsp3) is 0.138. The largest absolute Gasteiger partial charge is 0.365 e. The van der Waals surface area contributed by atoms with Crippen LogP contribution in [0.5, 0.6) is 0 Å². The van der Waals surface area contributed by atoms with Crippen molar-refractivity contribution in [2.45, 2.75) is 26.3 Å². The molecule has 1 atom stereocenters. The quantitative estimate of drug-likeness (QED) is 0.423. The maximum absolute atomic E-state index is 13.7. The number of hydrogen-bond acceptors (Lipinski definition) is 4. The predicted octanol–water partition coefficient (Wildman–Crippen LogP) is 5.15. The van der Waals surface area contributed by atoms with E-state index in [2.05, 4.69) is 45.9 Å². The molecule has 1 N–H and O–H groups in total. The zero-order valence-electron chi connectivity index (χ0n) is 19.4. The smallest absolute Gasteiger partial charge is 0.134 e. The highest BCUT2D eigenvalue weighted by Gasteiger charge is 2.06. The zero-order chi connectivity index (χ0) is 23.9. The second kappa shape index (κ2) is 10.7. The molecule has 170 valence electrons. The summed E-state index contributed by atoms with van der Waals surface area (Å²) in [6.07, 6.45) is 11.2. The molecule has 0 bridgehead atoms. The average Bonchev–Trinajstić information content (AvgIpc) is 2.84. The van der Waals surface area contributed by atoms with Crippen LogP contribution in [0.2, 0.25) is 0 Å². The highest BCUT2D eigenvalue weighted by Crippen LogP contribution is 2.18. The van der Waals surface area contributed by atoms with Crippen molar-refractivity contribution in [2.75, 3.05) is 5.32 Å². The van der Waals surface area contributed by atoms with Crippen LogP contribution in [0.1, 0.15) is 29.7 Å². The fourth-order valence-electron chi connectivity index (χ4n) is 3.81. The molecule has 1 aromatic carbocycles. The summed E-state index contributed by atoms with van der Waals surface area (Å²) in [6.45, 7) is 8.46. The predicted molar refractivity (Wildman–Crippen MR) is 137 cm³/mol. The Morgan fingerprint density at radius 3 is 2.62 bits per heavy atom. The molecule has 0 radical (unpaired) electrons. The average molecular weight is 451 g/mol. The van der Waals surface area contributed by atoms with Crippen molar-refractivity contribution in [2.24, 2.45) is 0 Å². The summed E-state index contributed by atoms with van der Waals surface area (Å²) in [4.78, 5) is 13.4. The van der Waals surface area contributed by atoms with E-state index in [1.807, 2.05) is 49.5 Å². The molecule has 0 aliphatic heterocycles. The molecule has 3 heterocycles. The van der Waals surface area contributed by atoms with Gasteiger partial charge in [-0.3, -0.25) is 9.97 Å². The number of anilines is 1. The third-order valence-electron chi connectivity index (χ3n) is 5.59. The lowest BCUT2D eigenvalue weighted by atomic mass is 9.99. The number of rotatable bonds is 7. The molecule has 3 aromatic heterocycles. The number of benzene rings is 1. The van der Waals surface area contributed by atoms with Gasteiger partial charge in [0, 0.05) is 41.6 Å². The molecule has 0 fully saturated rings. The van der Waals surface area contributed by atoms with Crippen molar-refractivity contribution in [1.29, 1.82) is 0 Å². The fourth-order valence-corrected chi connectivity index (χ4v) is 3.81. The van der Waals surface area contributed by atoms with Crippen molar-refractivity contribution >= 4 is 18.0 Å². The van der Waals surface area contributed by atoms with Crippen LogP contribution < -0.4 is 15.8 Å². The van der Waals surface area contributed by atoms with E-state index >= 15 is 0 Å². The molecule has 0 aliphatic rings. The minimum Gasteiger partial charge on any atom is -0.365 e. The van der Waals surface area contributed by atoms with E-state index in [0.717, 1.165) is 44.3 Å². The van der Waals surface area contributed by atoms with Crippen molar-refractivity contribution in [3.63, 3.8) is 0 Å². The summed E-state index contributed by atoms with van der Waals surface area (Å²) < 4.78 is 13.7. The topological polar surface area (TPSA) is 50.7 Å². The first kappa shape index (κ1) is 23.1. The van der Waals surface area contributed by atoms with Crippen LogP contribution in [0.15, 0.2) is 85.8 Å². The van der Waals surface area contributed by atoms with Crippen molar-refractivity contribution in [1.82, 2.24) is 15.0 Å². The molecule has 0 saturated heterocycles. The summed E-state index contributed by atoms with van der Waals surface area (Å²) in [6, 6.07) is 16.7. The van der Waals surface area contributed by atoms with Gasteiger partial charge in [0.05, 0.1) is 5.69 Å². The molecule has 4 nitrogen and oxygen atoms in total. The van der Waals surface area contributed by atoms with Gasteiger partial charge >= 0.3 is 0 Å². The maximum atomic E-state index is 13.7. The van der Waals surface area contributed by atoms with Crippen molar-refractivity contribution < 1.29 is 4.39 Å². The van der Waals surface area contributed by atoms with Crippen LogP contribution in [0.25, 0.3) is 23.4 Å². The summed E-state index contributed by atoms with van der Waals surface area (Å²) >= 11 is 0. The Kier molecular flexibility index (Phi) is 7.23. The highest BCUT2D eigenvalue weighted by molar-refractivity contribution is 5.59. The number of nitrogens with zero attached hydrogens (tertiary/aromatic N) is 3. The molecule has 4 rings (SSSR count). The first-order valence-electron chi connectivity index (χ1n) is 11.2. The number of halogens is 1. The van der Waals surface area contributed by atoms with E-state index in [9.17, 15) is 4.39 Å². The van der Waals surface area contributed by atoms with Crippen molar-refractivity contribution in [3.8, 4) is 11.3 Å². The summed E-state index contributed by atoms with van der Waals surface area (Å²) in [5.41, 5.74) is 4.89. The SMILES string of the molecule is C=C/C=c1/c(NCc2ccc(-c3ccnc(C)c3)nc2)ncc/c1=C/C(C)c1cccc(F)c1. The number of aromatic nitrogens is 3. The van der Waals surface area contributed by atoms with Crippen LogP contribution in [0, 0.1) is 12.7 Å². The summed E-state index contributed by atoms with van der Waals surface area (Å²) in [5.74, 6) is 0.566. The van der Waals surface area contributed by atoms with E-state index in [1.165, 1.54) is 6.07 Å². The Balaban J connectivity index is 1.57. The molecular weight excluding hydrogens is 423 g/mol. The first-order chi connectivity index (χ1) is 16.5. The second-order valence-corrected chi connectivity index (χ2v) is 8.17. The molecule has 0 aliphatic carbocycles. The number of hydrogen-bond donors (Lipinski definition) is 1. The van der Waals surface area contributed by atoms with Crippen molar-refractivity contribution in [3.05, 3.63) is 119 Å². The first-order valence-corrected chi connectivity index (χ1v) is 11.2. The van der Waals surface area contributed by atoms with Gasteiger partial charge in [-0.15, -0.1) is 0 Å². The van der Waals surface area contributed by atoms with E-state index < -0.39 is 0 Å². The third-order valence-corrected chi connectivity index (χ3v) is 5.59. The van der Waals surface area contributed by atoms with Gasteiger partial charge in [-0.05, 0) is 65.6 Å². The molecule has 0 spiro atoms. The number of allylic oxidation sites excluding steroid dienone is 1. The monoisotopic (exact) mass is 450 g/mol. The standard InChI is InChI=1S/C29H27FN4/c1-4-6-27-24(15-20(2)23-7-5-8-26(30)17-23)11-14-32-29(27)34-19-22-9-10-28(33-18-22)25-12-13-31-21(3)16-25/h4-18,20H,1,19H2,2-3H3,(H,32,34)/b24-15-,27-6+. The lowest BCUT2D eigenvalue weighted by Gasteiger charge is -2.10. The lowest BCUT2D eigenvalue weighted by Crippen LogP contribution is -2.29. The normalized spacial score (nSPS) is 13.0. The molecule has 0 amide bonds. The van der Waals surface area contributed by atoms with Gasteiger partial charge in [0.15, 0.2) is 0 Å². The minimum atomic E-state index is -0.230. The van der Waals surface area contributed by atoms with E-state index in [0.29, 0.717) is 6.54 Å². The molecule has 34 heavy (non-hydrogen) atoms. The Morgan fingerprint density at radius 1 is 1.03 bits per heavy atom. The van der Waals surface area contributed by atoms with Gasteiger partial charge in [-0.2, -0.15) is 0 Å². The Bertz CT molecular complexity index is 1410. The molecule has 5 heteroatoms. The van der Waals surface area contributed by atoms with Crippen LogP contribution in [-0.2, 0) is 6.54 Å². The summed E-state index contributed by atoms with van der Waals surface area (Å²) in [7, 11) is 0. The van der Waals surface area contributed by atoms with Crippen LogP contribution in [0.4, 0.5) is 10.2 Å². The van der Waals surface area contributed by atoms with Gasteiger partial charge < -0.3 is 5.32 Å². The minimum absolute atomic E-state index is 0.0384. The van der Waals surface area contributed by atoms with E-state index in [1.54, 1.807) is 30.6 Å². The van der Waals surface area contributed by atoms with Gasteiger partial charge in [0.1, 0.15) is 11.6 Å². The molecular formula is C29H27FN4. The Morgan fingerprint density at radius 2 is 1.88 bits per heavy atom. The molecule has 0 saturated carbocycles. The highest BCUT2D eigenvalue weighted by atomic mass is 19.1. The van der Waals surface area contributed by atoms with Crippen LogP contribution in [-0.4, -0.2) is 15.0 Å². The molecule has 4 aromatic rings. The van der Waals surface area contributed by atoms with Crippen LogP contribution >= 0.6 is 0 Å². The maximum Gasteiger partial charge on any atom is 0.134 e. The van der Waals surface area contributed by atoms with Gasteiger partial charge in [-0.25, -0.2) is 9.37 Å². The number of nitrogens with one attached hydrogen (secondary N) is 1.